The van der Waals surface area contributed by atoms with Crippen molar-refractivity contribution >= 4 is 38.9 Å². The summed E-state index contributed by atoms with van der Waals surface area (Å²) in [6.45, 7) is 2.59. The van der Waals surface area contributed by atoms with Crippen molar-refractivity contribution in [2.75, 3.05) is 13.7 Å². The molecule has 158 valence electrons. The van der Waals surface area contributed by atoms with E-state index in [1.54, 1.807) is 7.11 Å². The van der Waals surface area contributed by atoms with E-state index in [1.165, 1.54) is 16.9 Å². The van der Waals surface area contributed by atoms with Crippen molar-refractivity contribution in [2.45, 2.75) is 19.4 Å². The average molecular weight is 450 g/mol. The van der Waals surface area contributed by atoms with E-state index in [0.29, 0.717) is 16.4 Å². The molecule has 4 aromatic rings. The Labute approximate surface area is 191 Å². The summed E-state index contributed by atoms with van der Waals surface area (Å²) in [5.74, 6) is 0.759. The van der Waals surface area contributed by atoms with E-state index in [1.807, 2.05) is 78.6 Å². The summed E-state index contributed by atoms with van der Waals surface area (Å²) in [4.78, 5) is 16.2. The van der Waals surface area contributed by atoms with Crippen LogP contribution in [-0.4, -0.2) is 24.5 Å². The van der Waals surface area contributed by atoms with Crippen LogP contribution in [0.1, 0.15) is 33.8 Å². The van der Waals surface area contributed by atoms with Crippen LogP contribution in [0.25, 0.3) is 10.1 Å². The van der Waals surface area contributed by atoms with Gasteiger partial charge in [-0.3, -0.25) is 4.79 Å². The second kappa shape index (κ2) is 9.54. The fourth-order valence-corrected chi connectivity index (χ4v) is 5.33. The third-order valence-electron chi connectivity index (χ3n) is 5.48. The van der Waals surface area contributed by atoms with Gasteiger partial charge < -0.3 is 9.64 Å². The van der Waals surface area contributed by atoms with Gasteiger partial charge in [-0.1, -0.05) is 72.3 Å². The lowest BCUT2D eigenvalue weighted by molar-refractivity contribution is 0.0692. The Hall–Kier alpha value is -2.82. The number of carbonyl (C=O) groups excluding carboxylic acids is 1. The molecule has 31 heavy (non-hydrogen) atoms. The van der Waals surface area contributed by atoms with Crippen molar-refractivity contribution in [3.63, 3.8) is 0 Å². The highest BCUT2D eigenvalue weighted by molar-refractivity contribution is 7.21. The van der Waals surface area contributed by atoms with Crippen molar-refractivity contribution in [3.05, 3.63) is 99.9 Å². The summed E-state index contributed by atoms with van der Waals surface area (Å²) < 4.78 is 6.35. The minimum absolute atomic E-state index is 0.0366. The zero-order chi connectivity index (χ0) is 21.8. The van der Waals surface area contributed by atoms with E-state index in [2.05, 4.69) is 12.1 Å². The highest BCUT2D eigenvalue weighted by Crippen LogP contribution is 2.38. The summed E-state index contributed by atoms with van der Waals surface area (Å²) in [7, 11) is 1.65. The molecule has 1 atom stereocenters. The van der Waals surface area contributed by atoms with Crippen LogP contribution in [-0.2, 0) is 6.42 Å². The number of methoxy groups -OCH3 is 1. The number of fused-ring (bicyclic) bond motifs is 1. The van der Waals surface area contributed by atoms with Gasteiger partial charge in [0.1, 0.15) is 10.6 Å². The van der Waals surface area contributed by atoms with Crippen molar-refractivity contribution < 1.29 is 9.53 Å². The topological polar surface area (TPSA) is 29.5 Å². The molecule has 0 unspecified atom stereocenters. The van der Waals surface area contributed by atoms with Crippen LogP contribution in [0.15, 0.2) is 78.9 Å². The molecule has 0 aliphatic carbocycles. The summed E-state index contributed by atoms with van der Waals surface area (Å²) in [6.07, 6.45) is 0.718. The number of carbonyl (C=O) groups is 1. The van der Waals surface area contributed by atoms with E-state index in [9.17, 15) is 4.79 Å². The zero-order valence-electron chi connectivity index (χ0n) is 17.5. The molecule has 0 N–H and O–H groups in total. The second-order valence-electron chi connectivity index (χ2n) is 7.31. The van der Waals surface area contributed by atoms with E-state index in [4.69, 9.17) is 16.3 Å². The third-order valence-corrected chi connectivity index (χ3v) is 7.14. The number of ether oxygens (including phenoxy) is 1. The predicted molar refractivity (Wildman–Crippen MR) is 129 cm³/mol. The molecule has 0 spiro atoms. The van der Waals surface area contributed by atoms with Gasteiger partial charge in [-0.25, -0.2) is 0 Å². The van der Waals surface area contributed by atoms with Gasteiger partial charge in [-0.2, -0.15) is 0 Å². The minimum atomic E-state index is -0.118. The molecular weight excluding hydrogens is 426 g/mol. The molecule has 0 fully saturated rings. The van der Waals surface area contributed by atoms with Crippen LogP contribution in [0, 0.1) is 0 Å². The third kappa shape index (κ3) is 4.46. The molecule has 0 saturated carbocycles. The SMILES string of the molecule is CCN(C(=O)c1sc2ccccc2c1Cl)[C@@H](Cc1ccccc1)c1ccc(OC)cc1. The van der Waals surface area contributed by atoms with Crippen molar-refractivity contribution in [1.82, 2.24) is 4.90 Å². The number of rotatable bonds is 7. The standard InChI is InChI=1S/C26H24ClNO2S/c1-3-28(26(29)25-24(27)21-11-7-8-12-23(21)31-25)22(17-18-9-5-4-6-10-18)19-13-15-20(30-2)16-14-19/h4-16,22H,3,17H2,1-2H3/t22-/m0/s1. The van der Waals surface area contributed by atoms with Gasteiger partial charge in [-0.15, -0.1) is 11.3 Å². The number of benzene rings is 3. The lowest BCUT2D eigenvalue weighted by Gasteiger charge is -2.31. The van der Waals surface area contributed by atoms with Crippen LogP contribution >= 0.6 is 22.9 Å². The first-order valence-corrected chi connectivity index (χ1v) is 11.5. The number of halogens is 1. The van der Waals surface area contributed by atoms with Gasteiger partial charge >= 0.3 is 0 Å². The van der Waals surface area contributed by atoms with Gasteiger partial charge in [0.2, 0.25) is 0 Å². The van der Waals surface area contributed by atoms with Gasteiger partial charge in [-0.05, 0) is 42.7 Å². The Morgan fingerprint density at radius 3 is 2.32 bits per heavy atom. The molecule has 0 aliphatic heterocycles. The highest BCUT2D eigenvalue weighted by atomic mass is 35.5. The highest BCUT2D eigenvalue weighted by Gasteiger charge is 2.28. The molecule has 0 radical (unpaired) electrons. The molecule has 0 saturated heterocycles. The Bertz CT molecular complexity index is 1170. The first kappa shape index (κ1) is 21.4. The van der Waals surface area contributed by atoms with E-state index in [-0.39, 0.29) is 11.9 Å². The number of thiophene rings is 1. The first-order valence-electron chi connectivity index (χ1n) is 10.3. The minimum Gasteiger partial charge on any atom is -0.497 e. The molecule has 4 rings (SSSR count). The lowest BCUT2D eigenvalue weighted by Crippen LogP contribution is -2.35. The normalized spacial score (nSPS) is 12.0. The fourth-order valence-electron chi connectivity index (χ4n) is 3.86. The summed E-state index contributed by atoms with van der Waals surface area (Å²) in [5.41, 5.74) is 2.24. The fraction of sp³-hybridized carbons (Fsp3) is 0.192. The molecule has 1 aromatic heterocycles. The molecular formula is C26H24ClNO2S. The van der Waals surface area contributed by atoms with Crippen LogP contribution in [0.5, 0.6) is 5.75 Å². The molecule has 3 nitrogen and oxygen atoms in total. The zero-order valence-corrected chi connectivity index (χ0v) is 19.1. The maximum atomic E-state index is 13.7. The van der Waals surface area contributed by atoms with Crippen LogP contribution in [0.3, 0.4) is 0 Å². The van der Waals surface area contributed by atoms with Gasteiger partial charge in [0.25, 0.3) is 5.91 Å². The van der Waals surface area contributed by atoms with E-state index >= 15 is 0 Å². The molecule has 5 heteroatoms. The first-order chi connectivity index (χ1) is 15.1. The van der Waals surface area contributed by atoms with Crippen LogP contribution in [0.2, 0.25) is 5.02 Å². The van der Waals surface area contributed by atoms with Crippen molar-refractivity contribution in [1.29, 1.82) is 0 Å². The van der Waals surface area contributed by atoms with Crippen LogP contribution in [0.4, 0.5) is 0 Å². The van der Waals surface area contributed by atoms with Gasteiger partial charge in [0.05, 0.1) is 18.2 Å². The van der Waals surface area contributed by atoms with E-state index in [0.717, 1.165) is 27.8 Å². The van der Waals surface area contributed by atoms with Crippen molar-refractivity contribution in [3.8, 4) is 5.75 Å². The van der Waals surface area contributed by atoms with Crippen molar-refractivity contribution in [2.24, 2.45) is 0 Å². The van der Waals surface area contributed by atoms with E-state index < -0.39 is 0 Å². The second-order valence-corrected chi connectivity index (χ2v) is 8.74. The average Bonchev–Trinajstić information content (AvgIpc) is 3.16. The van der Waals surface area contributed by atoms with Crippen LogP contribution < -0.4 is 4.74 Å². The number of hydrogen-bond donors (Lipinski definition) is 0. The Kier molecular flexibility index (Phi) is 6.59. The smallest absolute Gasteiger partial charge is 0.266 e. The predicted octanol–water partition coefficient (Wildman–Crippen LogP) is 7.01. The summed E-state index contributed by atoms with van der Waals surface area (Å²) in [6, 6.07) is 26.0. The lowest BCUT2D eigenvalue weighted by atomic mass is 9.97. The number of nitrogens with zero attached hydrogens (tertiary/aromatic N) is 1. The Morgan fingerprint density at radius 2 is 1.68 bits per heavy atom. The number of hydrogen-bond acceptors (Lipinski definition) is 3. The Morgan fingerprint density at radius 1 is 1.00 bits per heavy atom. The van der Waals surface area contributed by atoms with Gasteiger partial charge in [0.15, 0.2) is 0 Å². The maximum absolute atomic E-state index is 13.7. The maximum Gasteiger partial charge on any atom is 0.266 e. The molecule has 1 heterocycles. The molecule has 1 amide bonds. The Balaban J connectivity index is 1.74. The molecule has 0 aliphatic rings. The molecule has 0 bridgehead atoms. The largest absolute Gasteiger partial charge is 0.497 e. The monoisotopic (exact) mass is 449 g/mol. The summed E-state index contributed by atoms with van der Waals surface area (Å²) in [5, 5.41) is 1.47. The van der Waals surface area contributed by atoms with Gasteiger partial charge in [0, 0.05) is 16.6 Å². The summed E-state index contributed by atoms with van der Waals surface area (Å²) >= 11 is 8.11. The number of amides is 1. The quantitative estimate of drug-likeness (QED) is 0.303. The number of likely N-dealkylation sites (N-methyl/N-ethyl adjacent to an activating group) is 1. The molecule has 3 aromatic carbocycles.